The Hall–Kier alpha value is -5.40. The standard InChI is InChI=1S/2C20H23FN4O/c2*21-15-8-6-13(7-9-15)17-5-1-3-14-11-18(25-19(14)17)20(26)24-12-16(23)4-2-10-22/h2*1,3,5-9,11,16,25H,2,4,10,12,22-23H2,(H,24,26)/t2*16-/m00/s1. The molecule has 0 radical (unpaired) electrons. The van der Waals surface area contributed by atoms with E-state index in [1.165, 1.54) is 24.3 Å². The second-order valence-corrected chi connectivity index (χ2v) is 12.7. The number of hydrogen-bond acceptors (Lipinski definition) is 6. The molecule has 6 aromatic rings. The van der Waals surface area contributed by atoms with Gasteiger partial charge in [-0.05, 0) is 86.3 Å². The van der Waals surface area contributed by atoms with E-state index in [-0.39, 0.29) is 35.5 Å². The first kappa shape index (κ1) is 37.8. The summed E-state index contributed by atoms with van der Waals surface area (Å²) in [5, 5.41) is 7.54. The van der Waals surface area contributed by atoms with E-state index in [0.29, 0.717) is 37.6 Å². The minimum atomic E-state index is -0.279. The third-order valence-corrected chi connectivity index (χ3v) is 8.72. The molecule has 52 heavy (non-hydrogen) atoms. The van der Waals surface area contributed by atoms with Crippen molar-refractivity contribution in [2.45, 2.75) is 37.8 Å². The van der Waals surface area contributed by atoms with Crippen molar-refractivity contribution in [2.75, 3.05) is 26.2 Å². The van der Waals surface area contributed by atoms with Gasteiger partial charge < -0.3 is 43.5 Å². The van der Waals surface area contributed by atoms with Gasteiger partial charge in [-0.1, -0.05) is 60.7 Å². The molecule has 272 valence electrons. The molecule has 12 heteroatoms. The van der Waals surface area contributed by atoms with Crippen molar-refractivity contribution in [3.63, 3.8) is 0 Å². The van der Waals surface area contributed by atoms with Gasteiger partial charge in [-0.3, -0.25) is 9.59 Å². The Morgan fingerprint density at radius 3 is 1.35 bits per heavy atom. The Labute approximate surface area is 301 Å². The number of hydrogen-bond donors (Lipinski definition) is 8. The topological polar surface area (TPSA) is 194 Å². The highest BCUT2D eigenvalue weighted by Crippen LogP contribution is 2.30. The number of aromatic nitrogens is 2. The first-order chi connectivity index (χ1) is 25.2. The van der Waals surface area contributed by atoms with Gasteiger partial charge >= 0.3 is 0 Å². The molecule has 2 aromatic heterocycles. The molecule has 2 amide bonds. The van der Waals surface area contributed by atoms with E-state index in [9.17, 15) is 18.4 Å². The van der Waals surface area contributed by atoms with Crippen molar-refractivity contribution in [3.05, 3.63) is 120 Å². The Morgan fingerprint density at radius 2 is 0.981 bits per heavy atom. The lowest BCUT2D eigenvalue weighted by molar-refractivity contribution is 0.0938. The van der Waals surface area contributed by atoms with Crippen LogP contribution in [0.15, 0.2) is 97.1 Å². The molecule has 0 saturated carbocycles. The zero-order chi connectivity index (χ0) is 37.0. The van der Waals surface area contributed by atoms with Crippen molar-refractivity contribution in [1.29, 1.82) is 0 Å². The number of nitrogens with two attached hydrogens (primary N) is 4. The van der Waals surface area contributed by atoms with Gasteiger partial charge in [-0.15, -0.1) is 0 Å². The molecular formula is C40H46F2N8O2. The van der Waals surface area contributed by atoms with Crippen LogP contribution in [0.25, 0.3) is 44.1 Å². The van der Waals surface area contributed by atoms with E-state index in [4.69, 9.17) is 22.9 Å². The summed E-state index contributed by atoms with van der Waals surface area (Å²) >= 11 is 0. The number of fused-ring (bicyclic) bond motifs is 2. The second kappa shape index (κ2) is 18.2. The molecule has 0 aliphatic rings. The second-order valence-electron chi connectivity index (χ2n) is 12.7. The number of para-hydroxylation sites is 2. The molecule has 0 fully saturated rings. The third-order valence-electron chi connectivity index (χ3n) is 8.72. The van der Waals surface area contributed by atoms with Crippen molar-refractivity contribution >= 4 is 33.6 Å². The van der Waals surface area contributed by atoms with Crippen LogP contribution < -0.4 is 33.6 Å². The molecule has 0 aliphatic carbocycles. The SMILES string of the molecule is NCCC[C@H](N)CNC(=O)c1cc2cccc(-c3ccc(F)cc3)c2[nH]1.NCCC[C@H](N)CNC(=O)c1cc2cccc(-c3ccc(F)cc3)c2[nH]1. The lowest BCUT2D eigenvalue weighted by Gasteiger charge is -2.11. The fraction of sp³-hybridized carbons (Fsp3) is 0.250. The van der Waals surface area contributed by atoms with E-state index in [1.54, 1.807) is 24.3 Å². The molecule has 0 aliphatic heterocycles. The van der Waals surface area contributed by atoms with Crippen LogP contribution >= 0.6 is 0 Å². The van der Waals surface area contributed by atoms with Crippen molar-refractivity contribution in [3.8, 4) is 22.3 Å². The van der Waals surface area contributed by atoms with Crippen LogP contribution in [-0.4, -0.2) is 60.0 Å². The monoisotopic (exact) mass is 708 g/mol. The maximum atomic E-state index is 13.2. The molecule has 4 aromatic carbocycles. The number of amides is 2. The van der Waals surface area contributed by atoms with Crippen LogP contribution in [0.2, 0.25) is 0 Å². The van der Waals surface area contributed by atoms with Gasteiger partial charge in [0.05, 0.1) is 11.0 Å². The normalized spacial score (nSPS) is 12.3. The quantitative estimate of drug-likeness (QED) is 0.0732. The first-order valence-corrected chi connectivity index (χ1v) is 17.4. The van der Waals surface area contributed by atoms with Crippen LogP contribution in [0.4, 0.5) is 8.78 Å². The summed E-state index contributed by atoms with van der Waals surface area (Å²) in [5.74, 6) is -0.958. The number of aromatic amines is 2. The maximum Gasteiger partial charge on any atom is 0.267 e. The van der Waals surface area contributed by atoms with E-state index < -0.39 is 0 Å². The first-order valence-electron chi connectivity index (χ1n) is 17.4. The number of carbonyl (C=O) groups excluding carboxylic acids is 2. The minimum Gasteiger partial charge on any atom is -0.350 e. The third kappa shape index (κ3) is 9.89. The predicted octanol–water partition coefficient (Wildman–Crippen LogP) is 5.54. The van der Waals surface area contributed by atoms with Crippen molar-refractivity contribution in [1.82, 2.24) is 20.6 Å². The van der Waals surface area contributed by atoms with Crippen LogP contribution in [0, 0.1) is 11.6 Å². The van der Waals surface area contributed by atoms with Gasteiger partial charge in [0.1, 0.15) is 23.0 Å². The van der Waals surface area contributed by atoms with Crippen LogP contribution in [0.5, 0.6) is 0 Å². The summed E-state index contributed by atoms with van der Waals surface area (Å²) in [6.45, 7) is 1.99. The molecule has 2 atom stereocenters. The zero-order valence-electron chi connectivity index (χ0n) is 28.9. The number of carbonyl (C=O) groups is 2. The van der Waals surface area contributed by atoms with Gasteiger partial charge in [0.25, 0.3) is 11.8 Å². The lowest BCUT2D eigenvalue weighted by Crippen LogP contribution is -2.37. The Kier molecular flexibility index (Phi) is 13.2. The van der Waals surface area contributed by atoms with Crippen LogP contribution in [-0.2, 0) is 0 Å². The predicted molar refractivity (Wildman–Crippen MR) is 205 cm³/mol. The molecule has 0 spiro atoms. The molecule has 0 unspecified atom stereocenters. The van der Waals surface area contributed by atoms with Crippen molar-refractivity contribution in [2.24, 2.45) is 22.9 Å². The summed E-state index contributed by atoms with van der Waals surface area (Å²) in [4.78, 5) is 31.2. The van der Waals surface area contributed by atoms with Gasteiger partial charge in [0, 0.05) is 47.1 Å². The average molecular weight is 709 g/mol. The van der Waals surface area contributed by atoms with Gasteiger partial charge in [-0.25, -0.2) is 8.78 Å². The molecule has 2 heterocycles. The van der Waals surface area contributed by atoms with E-state index in [2.05, 4.69) is 20.6 Å². The van der Waals surface area contributed by atoms with Crippen LogP contribution in [0.3, 0.4) is 0 Å². The zero-order valence-corrected chi connectivity index (χ0v) is 28.9. The molecular weight excluding hydrogens is 662 g/mol. The average Bonchev–Trinajstić information content (AvgIpc) is 3.81. The summed E-state index contributed by atoms with van der Waals surface area (Å²) in [5.41, 5.74) is 29.1. The number of nitrogens with one attached hydrogen (secondary N) is 4. The van der Waals surface area contributed by atoms with Crippen LogP contribution in [0.1, 0.15) is 46.7 Å². The van der Waals surface area contributed by atoms with Gasteiger partial charge in [0.15, 0.2) is 0 Å². The highest BCUT2D eigenvalue weighted by atomic mass is 19.1. The van der Waals surface area contributed by atoms with Crippen molar-refractivity contribution < 1.29 is 18.4 Å². The summed E-state index contributed by atoms with van der Waals surface area (Å²) in [6.07, 6.45) is 3.23. The Bertz CT molecular complexity index is 1930. The number of benzene rings is 4. The molecule has 0 saturated heterocycles. The summed E-state index contributed by atoms with van der Waals surface area (Å²) < 4.78 is 26.4. The largest absolute Gasteiger partial charge is 0.350 e. The Balaban J connectivity index is 0.000000201. The molecule has 6 rings (SSSR count). The van der Waals surface area contributed by atoms with E-state index in [0.717, 1.165) is 69.7 Å². The number of rotatable bonds is 14. The molecule has 0 bridgehead atoms. The lowest BCUT2D eigenvalue weighted by atomic mass is 10.0. The highest BCUT2D eigenvalue weighted by molar-refractivity contribution is 6.03. The Morgan fingerprint density at radius 1 is 0.596 bits per heavy atom. The fourth-order valence-corrected chi connectivity index (χ4v) is 5.90. The number of halogens is 2. The van der Waals surface area contributed by atoms with Gasteiger partial charge in [-0.2, -0.15) is 0 Å². The smallest absolute Gasteiger partial charge is 0.267 e. The minimum absolute atomic E-state index is 0.110. The van der Waals surface area contributed by atoms with Gasteiger partial charge in [0.2, 0.25) is 0 Å². The van der Waals surface area contributed by atoms with E-state index in [1.807, 2.05) is 48.5 Å². The fourth-order valence-electron chi connectivity index (χ4n) is 5.90. The summed E-state index contributed by atoms with van der Waals surface area (Å²) in [6, 6.07) is 27.6. The number of H-pyrrole nitrogens is 2. The molecule has 10 nitrogen and oxygen atoms in total. The van der Waals surface area contributed by atoms with E-state index >= 15 is 0 Å². The molecule has 12 N–H and O–H groups in total. The highest BCUT2D eigenvalue weighted by Gasteiger charge is 2.15. The summed E-state index contributed by atoms with van der Waals surface area (Å²) in [7, 11) is 0. The maximum absolute atomic E-state index is 13.2.